The van der Waals surface area contributed by atoms with E-state index in [9.17, 15) is 4.79 Å². The minimum atomic E-state index is -0.308. The van der Waals surface area contributed by atoms with Crippen LogP contribution in [0.15, 0.2) is 53.3 Å². The second-order valence-corrected chi connectivity index (χ2v) is 5.79. The van der Waals surface area contributed by atoms with E-state index in [1.165, 1.54) is 0 Å². The van der Waals surface area contributed by atoms with Crippen molar-refractivity contribution >= 4 is 33.3 Å². The molecule has 0 saturated carbocycles. The number of aromatic nitrogens is 2. The van der Waals surface area contributed by atoms with Crippen LogP contribution in [0.4, 0.5) is 10.5 Å². The molecule has 114 valence electrons. The molecule has 0 radical (unpaired) electrons. The third-order valence-corrected chi connectivity index (χ3v) is 3.65. The molecule has 5 nitrogen and oxygen atoms in total. The van der Waals surface area contributed by atoms with Gasteiger partial charge in [0.05, 0.1) is 12.2 Å². The van der Waals surface area contributed by atoms with Crippen molar-refractivity contribution in [2.45, 2.75) is 6.54 Å². The quantitative estimate of drug-likeness (QED) is 0.696. The number of rotatable bonds is 3. The van der Waals surface area contributed by atoms with Gasteiger partial charge in [-0.25, -0.2) is 9.78 Å². The monoisotopic (exact) mass is 368 g/mol. The molecule has 0 saturated heterocycles. The SMILES string of the molecule is C#Cc1cccc(NC(=O)NCc2cn3cc(Br)ccc3n2)c1. The maximum atomic E-state index is 11.9. The molecular formula is C17H13BrN4O. The molecule has 0 bridgehead atoms. The minimum absolute atomic E-state index is 0.308. The summed E-state index contributed by atoms with van der Waals surface area (Å²) in [5, 5.41) is 5.51. The standard InChI is InChI=1S/C17H13BrN4O/c1-2-12-4-3-5-14(8-12)21-17(23)19-9-15-11-22-10-13(18)6-7-16(22)20-15/h1,3-8,10-11H,9H2,(H2,19,21,23). The molecule has 2 heterocycles. The first kappa shape index (κ1) is 15.1. The average Bonchev–Trinajstić information content (AvgIpc) is 2.95. The number of imidazole rings is 1. The van der Waals surface area contributed by atoms with Gasteiger partial charge in [-0.15, -0.1) is 6.42 Å². The van der Waals surface area contributed by atoms with Gasteiger partial charge in [0, 0.05) is 28.1 Å². The fourth-order valence-electron chi connectivity index (χ4n) is 2.14. The number of terminal acetylenes is 1. The average molecular weight is 369 g/mol. The third-order valence-electron chi connectivity index (χ3n) is 3.18. The highest BCUT2D eigenvalue weighted by Gasteiger charge is 2.05. The van der Waals surface area contributed by atoms with Crippen molar-refractivity contribution in [1.29, 1.82) is 0 Å². The molecule has 3 aromatic rings. The Morgan fingerprint density at radius 2 is 2.17 bits per heavy atom. The molecule has 0 aliphatic rings. The summed E-state index contributed by atoms with van der Waals surface area (Å²) in [5.74, 6) is 2.53. The van der Waals surface area contributed by atoms with Crippen molar-refractivity contribution in [2.75, 3.05) is 5.32 Å². The molecule has 0 aliphatic heterocycles. The zero-order chi connectivity index (χ0) is 16.2. The van der Waals surface area contributed by atoms with Crippen molar-refractivity contribution < 1.29 is 4.79 Å². The van der Waals surface area contributed by atoms with E-state index < -0.39 is 0 Å². The smallest absolute Gasteiger partial charge is 0.319 e. The van der Waals surface area contributed by atoms with Gasteiger partial charge in [0.15, 0.2) is 0 Å². The van der Waals surface area contributed by atoms with Gasteiger partial charge in [0.2, 0.25) is 0 Å². The Hall–Kier alpha value is -2.78. The largest absolute Gasteiger partial charge is 0.332 e. The summed E-state index contributed by atoms with van der Waals surface area (Å²) in [6.45, 7) is 0.333. The Balaban J connectivity index is 1.62. The van der Waals surface area contributed by atoms with E-state index in [0.29, 0.717) is 17.8 Å². The molecule has 0 unspecified atom stereocenters. The predicted octanol–water partition coefficient (Wildman–Crippen LogP) is 3.40. The fourth-order valence-corrected chi connectivity index (χ4v) is 2.49. The highest BCUT2D eigenvalue weighted by Crippen LogP contribution is 2.13. The van der Waals surface area contributed by atoms with Crippen molar-refractivity contribution in [3.63, 3.8) is 0 Å². The molecule has 6 heteroatoms. The van der Waals surface area contributed by atoms with E-state index in [1.54, 1.807) is 24.3 Å². The van der Waals surface area contributed by atoms with Crippen LogP contribution in [-0.2, 0) is 6.54 Å². The van der Waals surface area contributed by atoms with Crippen LogP contribution in [0.5, 0.6) is 0 Å². The second-order valence-electron chi connectivity index (χ2n) is 4.88. The van der Waals surface area contributed by atoms with E-state index in [0.717, 1.165) is 15.8 Å². The van der Waals surface area contributed by atoms with Crippen LogP contribution in [-0.4, -0.2) is 15.4 Å². The van der Waals surface area contributed by atoms with Crippen LogP contribution >= 0.6 is 15.9 Å². The van der Waals surface area contributed by atoms with Gasteiger partial charge in [0.1, 0.15) is 5.65 Å². The molecule has 1 aromatic carbocycles. The molecular weight excluding hydrogens is 356 g/mol. The summed E-state index contributed by atoms with van der Waals surface area (Å²) < 4.78 is 2.86. The van der Waals surface area contributed by atoms with Crippen molar-refractivity contribution in [3.05, 3.63) is 64.5 Å². The number of nitrogens with one attached hydrogen (secondary N) is 2. The molecule has 2 amide bonds. The second kappa shape index (κ2) is 6.55. The van der Waals surface area contributed by atoms with E-state index in [-0.39, 0.29) is 6.03 Å². The predicted molar refractivity (Wildman–Crippen MR) is 93.1 cm³/mol. The number of amides is 2. The van der Waals surface area contributed by atoms with Crippen LogP contribution in [0.2, 0.25) is 0 Å². The Morgan fingerprint density at radius 3 is 3.00 bits per heavy atom. The molecule has 0 atom stereocenters. The molecule has 23 heavy (non-hydrogen) atoms. The summed E-state index contributed by atoms with van der Waals surface area (Å²) in [5.41, 5.74) is 2.97. The molecule has 0 aliphatic carbocycles. The normalized spacial score (nSPS) is 10.3. The lowest BCUT2D eigenvalue weighted by atomic mass is 10.2. The van der Waals surface area contributed by atoms with Crippen LogP contribution in [0.25, 0.3) is 5.65 Å². The number of hydrogen-bond donors (Lipinski definition) is 2. The van der Waals surface area contributed by atoms with Crippen LogP contribution < -0.4 is 10.6 Å². The Labute approximate surface area is 141 Å². The summed E-state index contributed by atoms with van der Waals surface area (Å²) >= 11 is 3.41. The van der Waals surface area contributed by atoms with Gasteiger partial charge >= 0.3 is 6.03 Å². The number of pyridine rings is 1. The number of hydrogen-bond acceptors (Lipinski definition) is 2. The zero-order valence-electron chi connectivity index (χ0n) is 12.1. The van der Waals surface area contributed by atoms with E-state index in [1.807, 2.05) is 28.9 Å². The first-order chi connectivity index (χ1) is 11.1. The molecule has 2 aromatic heterocycles. The van der Waals surface area contributed by atoms with Gasteiger partial charge in [-0.1, -0.05) is 12.0 Å². The van der Waals surface area contributed by atoms with Gasteiger partial charge in [0.25, 0.3) is 0 Å². The number of carbonyl (C=O) groups excluding carboxylic acids is 1. The number of benzene rings is 1. The van der Waals surface area contributed by atoms with E-state index in [2.05, 4.69) is 37.5 Å². The Morgan fingerprint density at radius 1 is 1.30 bits per heavy atom. The Kier molecular flexibility index (Phi) is 4.31. The topological polar surface area (TPSA) is 58.4 Å². The van der Waals surface area contributed by atoms with Crippen molar-refractivity contribution in [2.24, 2.45) is 0 Å². The lowest BCUT2D eigenvalue weighted by Crippen LogP contribution is -2.28. The number of fused-ring (bicyclic) bond motifs is 1. The van der Waals surface area contributed by atoms with Crippen LogP contribution in [0.1, 0.15) is 11.3 Å². The number of nitrogens with zero attached hydrogens (tertiary/aromatic N) is 2. The van der Waals surface area contributed by atoms with Crippen LogP contribution in [0, 0.1) is 12.3 Å². The number of urea groups is 1. The van der Waals surface area contributed by atoms with Crippen LogP contribution in [0.3, 0.4) is 0 Å². The summed E-state index contributed by atoms with van der Waals surface area (Å²) in [6, 6.07) is 10.6. The van der Waals surface area contributed by atoms with Crippen molar-refractivity contribution in [1.82, 2.24) is 14.7 Å². The summed E-state index contributed by atoms with van der Waals surface area (Å²) in [6.07, 6.45) is 9.13. The first-order valence-corrected chi connectivity index (χ1v) is 7.68. The lowest BCUT2D eigenvalue weighted by Gasteiger charge is -2.06. The van der Waals surface area contributed by atoms with E-state index >= 15 is 0 Å². The number of carbonyl (C=O) groups is 1. The van der Waals surface area contributed by atoms with Gasteiger partial charge in [-0.05, 0) is 46.3 Å². The van der Waals surface area contributed by atoms with Gasteiger partial charge < -0.3 is 15.0 Å². The maximum Gasteiger partial charge on any atom is 0.319 e. The lowest BCUT2D eigenvalue weighted by molar-refractivity contribution is 0.251. The third kappa shape index (κ3) is 3.71. The highest BCUT2D eigenvalue weighted by atomic mass is 79.9. The maximum absolute atomic E-state index is 11.9. The molecule has 3 rings (SSSR count). The minimum Gasteiger partial charge on any atom is -0.332 e. The zero-order valence-corrected chi connectivity index (χ0v) is 13.7. The molecule has 2 N–H and O–H groups in total. The Bertz CT molecular complexity index is 910. The highest BCUT2D eigenvalue weighted by molar-refractivity contribution is 9.10. The van der Waals surface area contributed by atoms with Gasteiger partial charge in [-0.3, -0.25) is 0 Å². The fraction of sp³-hybridized carbons (Fsp3) is 0.0588. The first-order valence-electron chi connectivity index (χ1n) is 6.89. The molecule has 0 spiro atoms. The molecule has 0 fully saturated rings. The summed E-state index contributed by atoms with van der Waals surface area (Å²) in [4.78, 5) is 16.4. The van der Waals surface area contributed by atoms with Gasteiger partial charge in [-0.2, -0.15) is 0 Å². The van der Waals surface area contributed by atoms with E-state index in [4.69, 9.17) is 6.42 Å². The van der Waals surface area contributed by atoms with Crippen molar-refractivity contribution in [3.8, 4) is 12.3 Å². The number of halogens is 1. The number of anilines is 1. The summed E-state index contributed by atoms with van der Waals surface area (Å²) in [7, 11) is 0.